The minimum absolute atomic E-state index is 0.0514. The molecule has 0 spiro atoms. The monoisotopic (exact) mass is 467 g/mol. The van der Waals surface area contributed by atoms with E-state index in [2.05, 4.69) is 24.1 Å². The number of nitrogens with zero attached hydrogens (tertiary/aromatic N) is 4. The van der Waals surface area contributed by atoms with Crippen LogP contribution in [0.2, 0.25) is 5.02 Å². The highest BCUT2D eigenvalue weighted by molar-refractivity contribution is 6.31. The number of hydrogen-bond donors (Lipinski definition) is 1. The summed E-state index contributed by atoms with van der Waals surface area (Å²) in [7, 11) is 0. The second-order valence-corrected chi connectivity index (χ2v) is 8.80. The highest BCUT2D eigenvalue weighted by atomic mass is 35.5. The molecular formula is C25H30ClN5O2. The molecule has 1 fully saturated rings. The zero-order chi connectivity index (χ0) is 23.5. The van der Waals surface area contributed by atoms with Crippen molar-refractivity contribution in [3.63, 3.8) is 0 Å². The number of nitrogens with one attached hydrogen (secondary N) is 1. The standard InChI is InChI=1S/C25H30ClN5O2/c1-4-18-6-9-20(10-7-18)27-25(33)30-14-12-29(13-15-30)17(3)23-28-22-11-8-19(26)16-21(22)24(32)31(23)5-2/h6-11,16-17H,4-5,12-15H2,1-3H3,(H,27,33). The Morgan fingerprint density at radius 3 is 2.42 bits per heavy atom. The molecule has 8 heteroatoms. The molecule has 1 saturated heterocycles. The van der Waals surface area contributed by atoms with Crippen LogP contribution >= 0.6 is 11.6 Å². The maximum Gasteiger partial charge on any atom is 0.321 e. The summed E-state index contributed by atoms with van der Waals surface area (Å²) in [4.78, 5) is 34.7. The third-order valence-electron chi connectivity index (χ3n) is 6.40. The fraction of sp³-hybridized carbons (Fsp3) is 0.400. The van der Waals surface area contributed by atoms with Gasteiger partial charge in [0.25, 0.3) is 5.56 Å². The van der Waals surface area contributed by atoms with Crippen LogP contribution in [0.25, 0.3) is 10.9 Å². The maximum absolute atomic E-state index is 13.1. The number of urea groups is 1. The van der Waals surface area contributed by atoms with Gasteiger partial charge < -0.3 is 10.2 Å². The summed E-state index contributed by atoms with van der Waals surface area (Å²) in [6.45, 7) is 9.31. The van der Waals surface area contributed by atoms with Crippen LogP contribution in [0.3, 0.4) is 0 Å². The number of halogens is 1. The first-order valence-corrected chi connectivity index (χ1v) is 11.9. The fourth-order valence-corrected chi connectivity index (χ4v) is 4.51. The van der Waals surface area contributed by atoms with Crippen molar-refractivity contribution in [2.24, 2.45) is 0 Å². The van der Waals surface area contributed by atoms with E-state index in [0.29, 0.717) is 48.6 Å². The molecule has 2 heterocycles. The van der Waals surface area contributed by atoms with E-state index in [4.69, 9.17) is 16.6 Å². The Balaban J connectivity index is 1.45. The van der Waals surface area contributed by atoms with Crippen molar-refractivity contribution in [3.8, 4) is 0 Å². The van der Waals surface area contributed by atoms with Crippen molar-refractivity contribution >= 4 is 34.2 Å². The van der Waals surface area contributed by atoms with E-state index in [1.165, 1.54) is 5.56 Å². The van der Waals surface area contributed by atoms with Gasteiger partial charge >= 0.3 is 6.03 Å². The molecule has 2 aromatic carbocycles. The van der Waals surface area contributed by atoms with E-state index in [1.807, 2.05) is 36.1 Å². The summed E-state index contributed by atoms with van der Waals surface area (Å²) in [5.74, 6) is 0.742. The normalized spacial score (nSPS) is 15.6. The first kappa shape index (κ1) is 23.3. The molecule has 1 atom stereocenters. The van der Waals surface area contributed by atoms with Gasteiger partial charge in [-0.05, 0) is 56.2 Å². The molecule has 1 aliphatic heterocycles. The number of aromatic nitrogens is 2. The molecular weight excluding hydrogens is 438 g/mol. The predicted octanol–water partition coefficient (Wildman–Crippen LogP) is 4.54. The van der Waals surface area contributed by atoms with Crippen LogP contribution < -0.4 is 10.9 Å². The van der Waals surface area contributed by atoms with Gasteiger partial charge in [-0.1, -0.05) is 30.7 Å². The van der Waals surface area contributed by atoms with Gasteiger partial charge in [0.2, 0.25) is 0 Å². The highest BCUT2D eigenvalue weighted by Crippen LogP contribution is 2.23. The average Bonchev–Trinajstić information content (AvgIpc) is 2.84. The molecule has 174 valence electrons. The summed E-state index contributed by atoms with van der Waals surface area (Å²) in [6.07, 6.45) is 0.972. The summed E-state index contributed by atoms with van der Waals surface area (Å²) < 4.78 is 1.72. The second-order valence-electron chi connectivity index (χ2n) is 8.36. The Bertz CT molecular complexity index is 1200. The molecule has 2 amide bonds. The smallest absolute Gasteiger partial charge is 0.321 e. The number of carbonyl (C=O) groups excluding carboxylic acids is 1. The van der Waals surface area contributed by atoms with Gasteiger partial charge in [0, 0.05) is 43.4 Å². The van der Waals surface area contributed by atoms with Gasteiger partial charge in [0.05, 0.1) is 16.9 Å². The number of rotatable bonds is 5. The highest BCUT2D eigenvalue weighted by Gasteiger charge is 2.27. The van der Waals surface area contributed by atoms with Gasteiger partial charge in [-0.3, -0.25) is 14.3 Å². The average molecular weight is 468 g/mol. The van der Waals surface area contributed by atoms with Gasteiger partial charge in [0.15, 0.2) is 0 Å². The molecule has 1 aliphatic rings. The Labute approximate surface area is 199 Å². The number of amides is 2. The Morgan fingerprint density at radius 2 is 1.79 bits per heavy atom. The van der Waals surface area contributed by atoms with Gasteiger partial charge in [-0.15, -0.1) is 0 Å². The molecule has 0 bridgehead atoms. The molecule has 33 heavy (non-hydrogen) atoms. The van der Waals surface area contributed by atoms with Gasteiger partial charge in [-0.2, -0.15) is 0 Å². The maximum atomic E-state index is 13.1. The van der Waals surface area contributed by atoms with E-state index in [-0.39, 0.29) is 17.6 Å². The zero-order valence-electron chi connectivity index (χ0n) is 19.3. The Morgan fingerprint density at radius 1 is 1.09 bits per heavy atom. The summed E-state index contributed by atoms with van der Waals surface area (Å²) in [5, 5.41) is 4.05. The van der Waals surface area contributed by atoms with Crippen LogP contribution in [0.15, 0.2) is 47.3 Å². The van der Waals surface area contributed by atoms with Crippen LogP contribution in [0.5, 0.6) is 0 Å². The van der Waals surface area contributed by atoms with Crippen LogP contribution in [0, 0.1) is 0 Å². The van der Waals surface area contributed by atoms with Crippen LogP contribution in [0.4, 0.5) is 10.5 Å². The number of piperazine rings is 1. The molecule has 7 nitrogen and oxygen atoms in total. The molecule has 0 aliphatic carbocycles. The zero-order valence-corrected chi connectivity index (χ0v) is 20.1. The van der Waals surface area contributed by atoms with Crippen LogP contribution in [-0.2, 0) is 13.0 Å². The first-order chi connectivity index (χ1) is 15.9. The SMILES string of the molecule is CCc1ccc(NC(=O)N2CCN(C(C)c3nc4ccc(Cl)cc4c(=O)n3CC)CC2)cc1. The van der Waals surface area contributed by atoms with Crippen LogP contribution in [0.1, 0.15) is 38.2 Å². The molecule has 0 saturated carbocycles. The lowest BCUT2D eigenvalue weighted by Gasteiger charge is -2.38. The van der Waals surface area contributed by atoms with E-state index >= 15 is 0 Å². The lowest BCUT2D eigenvalue weighted by Crippen LogP contribution is -2.51. The Hall–Kier alpha value is -2.90. The summed E-state index contributed by atoms with van der Waals surface area (Å²) >= 11 is 6.09. The van der Waals surface area contributed by atoms with Crippen molar-refractivity contribution in [3.05, 3.63) is 69.2 Å². The molecule has 0 radical (unpaired) electrons. The van der Waals surface area contributed by atoms with E-state index in [9.17, 15) is 9.59 Å². The topological polar surface area (TPSA) is 70.5 Å². The fourth-order valence-electron chi connectivity index (χ4n) is 4.34. The van der Waals surface area contributed by atoms with Crippen molar-refractivity contribution < 1.29 is 4.79 Å². The number of carbonyl (C=O) groups is 1. The van der Waals surface area contributed by atoms with Crippen molar-refractivity contribution in [2.45, 2.75) is 39.8 Å². The third kappa shape index (κ3) is 4.89. The summed E-state index contributed by atoms with van der Waals surface area (Å²) in [5.41, 5.74) is 2.63. The van der Waals surface area contributed by atoms with Crippen LogP contribution in [-0.4, -0.2) is 51.6 Å². The second kappa shape index (κ2) is 9.93. The first-order valence-electron chi connectivity index (χ1n) is 11.5. The lowest BCUT2D eigenvalue weighted by molar-refractivity contribution is 0.114. The van der Waals surface area contributed by atoms with Crippen molar-refractivity contribution in [1.29, 1.82) is 0 Å². The molecule has 1 N–H and O–H groups in total. The number of benzene rings is 2. The Kier molecular flexibility index (Phi) is 7.00. The molecule has 3 aromatic rings. The lowest BCUT2D eigenvalue weighted by atomic mass is 10.1. The minimum atomic E-state index is -0.0854. The quantitative estimate of drug-likeness (QED) is 0.598. The van der Waals surface area contributed by atoms with Crippen molar-refractivity contribution in [2.75, 3.05) is 31.5 Å². The van der Waals surface area contributed by atoms with Crippen molar-refractivity contribution in [1.82, 2.24) is 19.4 Å². The minimum Gasteiger partial charge on any atom is -0.322 e. The van der Waals surface area contributed by atoms with Gasteiger partial charge in [0.1, 0.15) is 5.82 Å². The molecule has 1 aromatic heterocycles. The van der Waals surface area contributed by atoms with E-state index in [1.54, 1.807) is 22.8 Å². The summed E-state index contributed by atoms with van der Waals surface area (Å²) in [6, 6.07) is 13.1. The number of hydrogen-bond acceptors (Lipinski definition) is 4. The number of aryl methyl sites for hydroxylation is 1. The number of fused-ring (bicyclic) bond motifs is 1. The van der Waals surface area contributed by atoms with Gasteiger partial charge in [-0.25, -0.2) is 9.78 Å². The van der Waals surface area contributed by atoms with E-state index in [0.717, 1.165) is 17.9 Å². The number of anilines is 1. The largest absolute Gasteiger partial charge is 0.322 e. The third-order valence-corrected chi connectivity index (χ3v) is 6.63. The molecule has 1 unspecified atom stereocenters. The van der Waals surface area contributed by atoms with E-state index < -0.39 is 0 Å². The molecule has 4 rings (SSSR count). The predicted molar refractivity (Wildman–Crippen MR) is 133 cm³/mol.